The van der Waals surface area contributed by atoms with Gasteiger partial charge in [-0.1, -0.05) is 11.8 Å². The molecule has 0 aliphatic carbocycles. The normalized spacial score (nSPS) is 25.5. The van der Waals surface area contributed by atoms with Crippen molar-refractivity contribution in [2.24, 2.45) is 0 Å². The van der Waals surface area contributed by atoms with E-state index in [-0.39, 0.29) is 11.7 Å². The van der Waals surface area contributed by atoms with Crippen molar-refractivity contribution in [1.82, 2.24) is 0 Å². The molecular weight excluding hydrogens is 176 g/mol. The van der Waals surface area contributed by atoms with Crippen molar-refractivity contribution in [3.63, 3.8) is 0 Å². The van der Waals surface area contributed by atoms with Gasteiger partial charge in [0.05, 0.1) is 11.8 Å². The van der Waals surface area contributed by atoms with Crippen LogP contribution in [-0.4, -0.2) is 17.2 Å². The summed E-state index contributed by atoms with van der Waals surface area (Å²) in [4.78, 5) is 11.5. The van der Waals surface area contributed by atoms with E-state index in [1.807, 2.05) is 11.5 Å². The number of ether oxygens (including phenoxy) is 1. The zero-order valence-electron chi connectivity index (χ0n) is 6.06. The van der Waals surface area contributed by atoms with Gasteiger partial charge in [-0.15, -0.1) is 0 Å². The van der Waals surface area contributed by atoms with Crippen LogP contribution in [0.15, 0.2) is 34.3 Å². The van der Waals surface area contributed by atoms with E-state index in [0.29, 0.717) is 0 Å². The molecule has 0 saturated heterocycles. The molecule has 0 spiro atoms. The fraction of sp³-hybridized carbons (Fsp3) is 0.125. The second-order valence-electron chi connectivity index (χ2n) is 2.43. The summed E-state index contributed by atoms with van der Waals surface area (Å²) in [5, 5.41) is 10.5. The molecule has 0 bridgehead atoms. The summed E-state index contributed by atoms with van der Waals surface area (Å²) < 4.78 is 5.16. The molecule has 62 valence electrons. The molecule has 12 heavy (non-hydrogen) atoms. The molecule has 2 heterocycles. The molecule has 4 heteroatoms. The summed E-state index contributed by atoms with van der Waals surface area (Å²) in [5.74, 6) is -0.951. The maximum Gasteiger partial charge on any atom is 0.338 e. The predicted octanol–water partition coefficient (Wildman–Crippen LogP) is 1.50. The zero-order valence-corrected chi connectivity index (χ0v) is 6.88. The van der Waals surface area contributed by atoms with E-state index in [4.69, 9.17) is 9.84 Å². The Balaban J connectivity index is 2.25. The van der Waals surface area contributed by atoms with E-state index in [1.54, 1.807) is 6.08 Å². The number of hydrogen-bond donors (Lipinski definition) is 1. The number of aliphatic carboxylic acids is 1. The van der Waals surface area contributed by atoms with Crippen LogP contribution in [0.5, 0.6) is 0 Å². The highest BCUT2D eigenvalue weighted by Gasteiger charge is 2.22. The number of rotatable bonds is 1. The predicted molar refractivity (Wildman–Crippen MR) is 45.4 cm³/mol. The highest BCUT2D eigenvalue weighted by Crippen LogP contribution is 2.34. The van der Waals surface area contributed by atoms with Gasteiger partial charge in [0.2, 0.25) is 0 Å². The van der Waals surface area contributed by atoms with Crippen LogP contribution in [0.2, 0.25) is 0 Å². The topological polar surface area (TPSA) is 46.5 Å². The summed E-state index contributed by atoms with van der Waals surface area (Å²) in [6.07, 6.45) is 4.76. The van der Waals surface area contributed by atoms with Gasteiger partial charge in [0, 0.05) is 4.91 Å². The molecule has 0 aromatic heterocycles. The fourth-order valence-corrected chi connectivity index (χ4v) is 1.87. The molecule has 1 N–H and O–H groups in total. The third-order valence-electron chi connectivity index (χ3n) is 1.62. The summed E-state index contributed by atoms with van der Waals surface area (Å²) in [5.41, 5.74) is 0.206. The number of fused-ring (bicyclic) bond motifs is 1. The SMILES string of the molecule is O=C(O)C1=COC2C=CSC2=C1. The lowest BCUT2D eigenvalue weighted by Gasteiger charge is -2.15. The first-order valence-electron chi connectivity index (χ1n) is 3.41. The molecule has 2 aliphatic rings. The molecule has 0 aromatic carbocycles. The quantitative estimate of drug-likeness (QED) is 0.667. The Morgan fingerprint density at radius 3 is 3.25 bits per heavy atom. The molecule has 0 aromatic rings. The fourth-order valence-electron chi connectivity index (χ4n) is 1.03. The van der Waals surface area contributed by atoms with Gasteiger partial charge in [-0.05, 0) is 17.6 Å². The molecule has 2 rings (SSSR count). The molecule has 3 nitrogen and oxygen atoms in total. The number of hydrogen-bond acceptors (Lipinski definition) is 3. The minimum absolute atomic E-state index is 0.0573. The summed E-state index contributed by atoms with van der Waals surface area (Å²) in [6, 6.07) is 0. The van der Waals surface area contributed by atoms with Crippen LogP contribution in [0, 0.1) is 0 Å². The summed E-state index contributed by atoms with van der Waals surface area (Å²) >= 11 is 1.50. The number of carboxylic acids is 1. The van der Waals surface area contributed by atoms with Gasteiger partial charge in [0.1, 0.15) is 6.10 Å². The molecule has 0 saturated carbocycles. The molecule has 0 fully saturated rings. The molecule has 1 unspecified atom stereocenters. The smallest absolute Gasteiger partial charge is 0.338 e. The van der Waals surface area contributed by atoms with E-state index in [2.05, 4.69) is 0 Å². The first-order chi connectivity index (χ1) is 5.77. The maximum atomic E-state index is 10.5. The van der Waals surface area contributed by atoms with Gasteiger partial charge < -0.3 is 9.84 Å². The highest BCUT2D eigenvalue weighted by molar-refractivity contribution is 8.06. The van der Waals surface area contributed by atoms with Crippen molar-refractivity contribution in [1.29, 1.82) is 0 Å². The Kier molecular flexibility index (Phi) is 1.69. The Morgan fingerprint density at radius 1 is 1.67 bits per heavy atom. The average molecular weight is 182 g/mol. The van der Waals surface area contributed by atoms with Crippen molar-refractivity contribution in [2.45, 2.75) is 6.10 Å². The third-order valence-corrected chi connectivity index (χ3v) is 2.54. The van der Waals surface area contributed by atoms with Gasteiger partial charge >= 0.3 is 5.97 Å². The molecule has 1 atom stereocenters. The minimum Gasteiger partial charge on any atom is -0.488 e. The lowest BCUT2D eigenvalue weighted by atomic mass is 10.2. The van der Waals surface area contributed by atoms with Crippen LogP contribution < -0.4 is 0 Å². The molecular formula is C8H6O3S. The summed E-state index contributed by atoms with van der Waals surface area (Å²) in [7, 11) is 0. The average Bonchev–Trinajstić information content (AvgIpc) is 2.49. The standard InChI is InChI=1S/C8H6O3S/c9-8(10)5-3-7-6(11-4-5)1-2-12-7/h1-4,6H,(H,9,10). The monoisotopic (exact) mass is 182 g/mol. The highest BCUT2D eigenvalue weighted by atomic mass is 32.2. The van der Waals surface area contributed by atoms with Crippen molar-refractivity contribution >= 4 is 17.7 Å². The van der Waals surface area contributed by atoms with Crippen LogP contribution in [-0.2, 0) is 9.53 Å². The Bertz CT molecular complexity index is 314. The van der Waals surface area contributed by atoms with Crippen LogP contribution in [0.25, 0.3) is 0 Å². The van der Waals surface area contributed by atoms with Gasteiger partial charge in [-0.3, -0.25) is 0 Å². The van der Waals surface area contributed by atoms with Crippen LogP contribution in [0.1, 0.15) is 0 Å². The van der Waals surface area contributed by atoms with Gasteiger partial charge in [-0.2, -0.15) is 0 Å². The minimum atomic E-state index is -0.951. The van der Waals surface area contributed by atoms with Crippen molar-refractivity contribution < 1.29 is 14.6 Å². The number of thioether (sulfide) groups is 1. The van der Waals surface area contributed by atoms with E-state index in [1.165, 1.54) is 18.0 Å². The Morgan fingerprint density at radius 2 is 2.50 bits per heavy atom. The second-order valence-corrected chi connectivity index (χ2v) is 3.41. The molecule has 0 amide bonds. The van der Waals surface area contributed by atoms with Gasteiger partial charge in [0.25, 0.3) is 0 Å². The first-order valence-corrected chi connectivity index (χ1v) is 4.29. The maximum absolute atomic E-state index is 10.5. The Hall–Kier alpha value is -1.16. The van der Waals surface area contributed by atoms with Crippen molar-refractivity contribution in [3.8, 4) is 0 Å². The zero-order chi connectivity index (χ0) is 8.55. The Labute approximate surface area is 73.4 Å². The van der Waals surface area contributed by atoms with Crippen LogP contribution in [0.4, 0.5) is 0 Å². The lowest BCUT2D eigenvalue weighted by Crippen LogP contribution is -2.12. The van der Waals surface area contributed by atoms with E-state index in [0.717, 1.165) is 4.91 Å². The first kappa shape index (κ1) is 7.49. The largest absolute Gasteiger partial charge is 0.488 e. The second kappa shape index (κ2) is 2.71. The van der Waals surface area contributed by atoms with Crippen molar-refractivity contribution in [2.75, 3.05) is 0 Å². The molecule has 0 radical (unpaired) electrons. The third kappa shape index (κ3) is 1.14. The van der Waals surface area contributed by atoms with Crippen LogP contribution >= 0.6 is 11.8 Å². The van der Waals surface area contributed by atoms with Gasteiger partial charge in [0.15, 0.2) is 0 Å². The van der Waals surface area contributed by atoms with E-state index < -0.39 is 5.97 Å². The lowest BCUT2D eigenvalue weighted by molar-refractivity contribution is -0.132. The number of carbonyl (C=O) groups is 1. The summed E-state index contributed by atoms with van der Waals surface area (Å²) in [6.45, 7) is 0. The molecule has 2 aliphatic heterocycles. The number of carboxylic acid groups (broad SMARTS) is 1. The van der Waals surface area contributed by atoms with Gasteiger partial charge in [-0.25, -0.2) is 4.79 Å². The van der Waals surface area contributed by atoms with E-state index in [9.17, 15) is 4.79 Å². The van der Waals surface area contributed by atoms with E-state index >= 15 is 0 Å². The van der Waals surface area contributed by atoms with Crippen LogP contribution in [0.3, 0.4) is 0 Å². The van der Waals surface area contributed by atoms with Crippen molar-refractivity contribution in [3.05, 3.63) is 34.3 Å².